The topological polar surface area (TPSA) is 60.8 Å². The maximum Gasteiger partial charge on any atom is 0.380 e. The fourth-order valence-electron chi connectivity index (χ4n) is 11.0. The normalized spacial score (nSPS) is 14.7. The lowest BCUT2D eigenvalue weighted by molar-refractivity contribution is -0.254. The van der Waals surface area contributed by atoms with E-state index in [9.17, 15) is 0 Å². The standard InChI is InChI=1S/C62H49BF6N4OS3/c1-33-28-35(3)52(36(4)29-33)63(53-37(5)30-34(2)31-38(53)6)46-22-18-43(19-23-46)49-27-26-48(56-57(49)73-77-72-56)42-16-14-41(15-17-42)32-74-47-24-20-45(21-25-47)59-71-55(40(8)76-59)51-50(60(64,65)62(68,69)61(51,66)67)54-39(7)75-58(70-54)44-12-10-9-11-13-44/h9-31H,32H2,1-8H3. The predicted octanol–water partition coefficient (Wildman–Crippen LogP) is 15.7. The molecule has 0 atom stereocenters. The number of aryl methyl sites for hydroxylation is 8. The van der Waals surface area contributed by atoms with Gasteiger partial charge in [0.25, 0.3) is 0 Å². The van der Waals surface area contributed by atoms with Gasteiger partial charge in [-0.05, 0) is 96.3 Å². The van der Waals surface area contributed by atoms with E-state index in [1.54, 1.807) is 54.6 Å². The summed E-state index contributed by atoms with van der Waals surface area (Å²) in [6.45, 7) is 16.3. The van der Waals surface area contributed by atoms with Gasteiger partial charge in [-0.1, -0.05) is 165 Å². The zero-order valence-corrected chi connectivity index (χ0v) is 45.7. The molecular formula is C62H49BF6N4OS3. The van der Waals surface area contributed by atoms with Crippen molar-refractivity contribution in [2.45, 2.75) is 79.8 Å². The minimum atomic E-state index is -5.73. The van der Waals surface area contributed by atoms with Crippen LogP contribution in [-0.2, 0) is 6.61 Å². The molecule has 0 fully saturated rings. The highest BCUT2D eigenvalue weighted by Crippen LogP contribution is 2.65. The Hall–Kier alpha value is -7.20. The Labute approximate surface area is 455 Å². The number of thiazole rings is 2. The van der Waals surface area contributed by atoms with E-state index >= 15 is 26.3 Å². The Kier molecular flexibility index (Phi) is 13.3. The van der Waals surface area contributed by atoms with E-state index in [1.807, 2.05) is 24.3 Å². The Bertz CT molecular complexity index is 3840. The molecule has 3 heterocycles. The van der Waals surface area contributed by atoms with E-state index in [4.69, 9.17) is 13.5 Å². The molecule has 0 aliphatic heterocycles. The first kappa shape index (κ1) is 51.9. The lowest BCUT2D eigenvalue weighted by Gasteiger charge is -2.25. The van der Waals surface area contributed by atoms with Crippen molar-refractivity contribution >= 4 is 79.7 Å². The second kappa shape index (κ2) is 19.7. The molecule has 77 heavy (non-hydrogen) atoms. The van der Waals surface area contributed by atoms with Crippen LogP contribution in [0.5, 0.6) is 5.75 Å². The molecule has 1 aliphatic carbocycles. The van der Waals surface area contributed by atoms with Crippen LogP contribution in [0, 0.1) is 55.4 Å². The molecule has 0 amide bonds. The maximum atomic E-state index is 15.9. The van der Waals surface area contributed by atoms with Gasteiger partial charge in [0, 0.05) is 32.0 Å². The number of allylic oxidation sites excluding steroid dienone is 2. The third kappa shape index (κ3) is 8.99. The average molecular weight is 1090 g/mol. The van der Waals surface area contributed by atoms with Crippen molar-refractivity contribution in [1.29, 1.82) is 0 Å². The van der Waals surface area contributed by atoms with Crippen LogP contribution in [0.15, 0.2) is 140 Å². The summed E-state index contributed by atoms with van der Waals surface area (Å²) < 4.78 is 110. The first-order valence-corrected chi connectivity index (χ1v) is 27.3. The highest BCUT2D eigenvalue weighted by atomic mass is 32.1. The average Bonchev–Trinajstić information content (AvgIpc) is 4.32. The van der Waals surface area contributed by atoms with E-state index in [0.29, 0.717) is 16.9 Å². The van der Waals surface area contributed by atoms with E-state index in [1.165, 1.54) is 75.3 Å². The summed E-state index contributed by atoms with van der Waals surface area (Å²) >= 11 is 3.09. The molecule has 10 aromatic rings. The Morgan fingerprint density at radius 3 is 1.35 bits per heavy atom. The minimum absolute atomic E-state index is 0.0644. The lowest BCUT2D eigenvalue weighted by atomic mass is 9.34. The first-order valence-electron chi connectivity index (χ1n) is 25.0. The summed E-state index contributed by atoms with van der Waals surface area (Å²) in [5, 5.41) is 0.425. The van der Waals surface area contributed by atoms with Crippen molar-refractivity contribution in [1.82, 2.24) is 18.7 Å². The highest BCUT2D eigenvalue weighted by molar-refractivity contribution is 7.15. The van der Waals surface area contributed by atoms with Crippen molar-refractivity contribution in [2.24, 2.45) is 0 Å². The third-order valence-electron chi connectivity index (χ3n) is 14.5. The number of aromatic nitrogens is 4. The molecule has 7 aromatic carbocycles. The molecule has 3 aromatic heterocycles. The molecule has 0 unspecified atom stereocenters. The van der Waals surface area contributed by atoms with Crippen LogP contribution in [0.4, 0.5) is 26.3 Å². The van der Waals surface area contributed by atoms with Gasteiger partial charge in [-0.15, -0.1) is 22.7 Å². The Morgan fingerprint density at radius 2 is 0.896 bits per heavy atom. The largest absolute Gasteiger partial charge is 0.489 e. The third-order valence-corrected chi connectivity index (χ3v) is 17.1. The van der Waals surface area contributed by atoms with Crippen molar-refractivity contribution in [2.75, 3.05) is 0 Å². The summed E-state index contributed by atoms with van der Waals surface area (Å²) in [6, 6.07) is 45.4. The van der Waals surface area contributed by atoms with Crippen LogP contribution >= 0.6 is 34.4 Å². The SMILES string of the molecule is Cc1cc(C)c(B(c2ccc(-c3ccc(-c4ccc(COc5ccc(-c6nc(C7=C(c8nc(-c9ccccc9)sc8C)C(F)(F)C(F)(F)C7(F)F)c(C)s6)cc5)cc4)c4nsnc34)cc2)c2c(C)cc(C)cc2C)c(C)c1. The molecule has 0 N–H and O–H groups in total. The van der Waals surface area contributed by atoms with Gasteiger partial charge in [0.15, 0.2) is 0 Å². The second-order valence-electron chi connectivity index (χ2n) is 20.0. The molecular weight excluding hydrogens is 1040 g/mol. The van der Waals surface area contributed by atoms with E-state index < -0.39 is 40.3 Å². The predicted molar refractivity (Wildman–Crippen MR) is 305 cm³/mol. The quantitative estimate of drug-likeness (QED) is 0.0901. The number of halogens is 6. The molecule has 0 radical (unpaired) electrons. The first-order chi connectivity index (χ1) is 36.7. The van der Waals surface area contributed by atoms with Gasteiger partial charge in [0.05, 0.1) is 34.3 Å². The van der Waals surface area contributed by atoms with Crippen LogP contribution in [0.25, 0.3) is 65.6 Å². The zero-order valence-electron chi connectivity index (χ0n) is 43.3. The molecule has 0 saturated heterocycles. The number of fused-ring (bicyclic) bond motifs is 1. The molecule has 0 bridgehead atoms. The monoisotopic (exact) mass is 1090 g/mol. The van der Waals surface area contributed by atoms with E-state index in [2.05, 4.69) is 112 Å². The van der Waals surface area contributed by atoms with Crippen molar-refractivity contribution in [3.63, 3.8) is 0 Å². The van der Waals surface area contributed by atoms with Gasteiger partial charge in [-0.2, -0.15) is 35.1 Å². The summed E-state index contributed by atoms with van der Waals surface area (Å²) in [5.41, 5.74) is 14.8. The highest BCUT2D eigenvalue weighted by Gasteiger charge is 2.81. The van der Waals surface area contributed by atoms with Crippen LogP contribution in [0.3, 0.4) is 0 Å². The van der Waals surface area contributed by atoms with Crippen molar-refractivity contribution in [3.8, 4) is 49.1 Å². The molecule has 0 saturated carbocycles. The summed E-state index contributed by atoms with van der Waals surface area (Å²) in [5.74, 6) is -15.7. The van der Waals surface area contributed by atoms with Gasteiger partial charge < -0.3 is 4.74 Å². The second-order valence-corrected chi connectivity index (χ2v) is 22.9. The number of ether oxygens (including phenoxy) is 1. The van der Waals surface area contributed by atoms with Crippen molar-refractivity contribution < 1.29 is 31.1 Å². The van der Waals surface area contributed by atoms with Gasteiger partial charge in [0.2, 0.25) is 6.71 Å². The van der Waals surface area contributed by atoms with Crippen LogP contribution in [0.1, 0.15) is 60.1 Å². The molecule has 0 spiro atoms. The smallest absolute Gasteiger partial charge is 0.380 e. The molecule has 11 rings (SSSR count). The van der Waals surface area contributed by atoms with E-state index in [0.717, 1.165) is 61.5 Å². The minimum Gasteiger partial charge on any atom is -0.489 e. The number of benzene rings is 7. The van der Waals surface area contributed by atoms with Gasteiger partial charge in [0.1, 0.15) is 33.4 Å². The molecule has 15 heteroatoms. The van der Waals surface area contributed by atoms with E-state index in [-0.39, 0.29) is 33.1 Å². The fraction of sp³-hybridized carbons (Fsp3) is 0.194. The van der Waals surface area contributed by atoms with Crippen LogP contribution in [-0.4, -0.2) is 43.2 Å². The summed E-state index contributed by atoms with van der Waals surface area (Å²) in [6.07, 6.45) is 0. The number of hydrogen-bond acceptors (Lipinski definition) is 8. The zero-order chi connectivity index (χ0) is 54.3. The number of hydrogen-bond donors (Lipinski definition) is 0. The van der Waals surface area contributed by atoms with Gasteiger partial charge >= 0.3 is 17.8 Å². The summed E-state index contributed by atoms with van der Waals surface area (Å²) in [4.78, 5) is 8.75. The van der Waals surface area contributed by atoms with Crippen LogP contribution in [0.2, 0.25) is 0 Å². The van der Waals surface area contributed by atoms with Gasteiger partial charge in [-0.25, -0.2) is 9.97 Å². The summed E-state index contributed by atoms with van der Waals surface area (Å²) in [7, 11) is 0. The molecule has 1 aliphatic rings. The van der Waals surface area contributed by atoms with Gasteiger partial charge in [-0.3, -0.25) is 0 Å². The fourth-order valence-corrected chi connectivity index (χ4v) is 13.5. The number of rotatable bonds is 12. The lowest BCUT2D eigenvalue weighted by Crippen LogP contribution is -2.55. The van der Waals surface area contributed by atoms with Crippen LogP contribution < -0.4 is 21.1 Å². The number of nitrogens with zero attached hydrogens (tertiary/aromatic N) is 4. The Morgan fingerprint density at radius 1 is 0.481 bits per heavy atom. The number of alkyl halides is 6. The maximum absolute atomic E-state index is 15.9. The molecule has 5 nitrogen and oxygen atoms in total. The Balaban J connectivity index is 0.808. The van der Waals surface area contributed by atoms with Crippen molar-refractivity contribution in [3.05, 3.63) is 200 Å². The molecule has 386 valence electrons.